The number of hydrogen-bond acceptors (Lipinski definition) is 3. The van der Waals surface area contributed by atoms with Crippen LogP contribution in [-0.4, -0.2) is 45.4 Å². The third-order valence-corrected chi connectivity index (χ3v) is 4.61. The maximum absolute atomic E-state index is 10.4. The van der Waals surface area contributed by atoms with Crippen molar-refractivity contribution in [3.63, 3.8) is 0 Å². The van der Waals surface area contributed by atoms with Crippen LogP contribution in [0.3, 0.4) is 0 Å². The van der Waals surface area contributed by atoms with Crippen LogP contribution in [0.1, 0.15) is 46.5 Å². The van der Waals surface area contributed by atoms with Crippen LogP contribution in [0.5, 0.6) is 0 Å². The molecular weight excluding hydrogens is 202 g/mol. The number of rotatable bonds is 3. The summed E-state index contributed by atoms with van der Waals surface area (Å²) >= 11 is 0. The first-order chi connectivity index (χ1) is 7.40. The Morgan fingerprint density at radius 1 is 1.25 bits per heavy atom. The highest BCUT2D eigenvalue weighted by atomic mass is 16.3. The van der Waals surface area contributed by atoms with Gasteiger partial charge in [-0.25, -0.2) is 0 Å². The third-order valence-electron chi connectivity index (χ3n) is 4.61. The van der Waals surface area contributed by atoms with Gasteiger partial charge in [0.15, 0.2) is 0 Å². The van der Waals surface area contributed by atoms with Crippen LogP contribution in [0.25, 0.3) is 0 Å². The smallest absolute Gasteiger partial charge is 0.0769 e. The second-order valence-corrected chi connectivity index (χ2v) is 6.19. The Labute approximate surface area is 98.5 Å². The Morgan fingerprint density at radius 2 is 1.75 bits per heavy atom. The number of piperidine rings is 1. The van der Waals surface area contributed by atoms with Gasteiger partial charge in [0.2, 0.25) is 0 Å². The highest BCUT2D eigenvalue weighted by molar-refractivity contribution is 4.98. The minimum atomic E-state index is -0.608. The second-order valence-electron chi connectivity index (χ2n) is 6.19. The number of aliphatic hydroxyl groups is 2. The molecule has 0 spiro atoms. The molecule has 2 heterocycles. The minimum absolute atomic E-state index is 0.113. The summed E-state index contributed by atoms with van der Waals surface area (Å²) in [6, 6.07) is 0.998. The maximum atomic E-state index is 10.4. The molecule has 0 radical (unpaired) electrons. The molecule has 0 aliphatic carbocycles. The van der Waals surface area contributed by atoms with Crippen molar-refractivity contribution in [3.8, 4) is 0 Å². The average molecular weight is 227 g/mol. The summed E-state index contributed by atoms with van der Waals surface area (Å²) in [6.45, 7) is 6.83. The molecule has 2 bridgehead atoms. The molecule has 2 aliphatic rings. The lowest BCUT2D eigenvalue weighted by Gasteiger charge is -2.42. The van der Waals surface area contributed by atoms with Crippen molar-refractivity contribution >= 4 is 0 Å². The first-order valence-corrected chi connectivity index (χ1v) is 6.56. The van der Waals surface area contributed by atoms with Gasteiger partial charge in [-0.05, 0) is 38.5 Å². The van der Waals surface area contributed by atoms with Gasteiger partial charge in [0, 0.05) is 18.6 Å². The quantitative estimate of drug-likeness (QED) is 0.765. The van der Waals surface area contributed by atoms with E-state index in [1.165, 1.54) is 12.8 Å². The lowest BCUT2D eigenvalue weighted by atomic mass is 9.89. The van der Waals surface area contributed by atoms with Crippen molar-refractivity contribution in [3.05, 3.63) is 0 Å². The van der Waals surface area contributed by atoms with E-state index in [0.717, 1.165) is 19.4 Å². The largest absolute Gasteiger partial charge is 0.393 e. The number of fused-ring (bicyclic) bond motifs is 2. The molecule has 0 aromatic heterocycles. The van der Waals surface area contributed by atoms with E-state index in [2.05, 4.69) is 18.7 Å². The van der Waals surface area contributed by atoms with Gasteiger partial charge in [0.1, 0.15) is 0 Å². The van der Waals surface area contributed by atoms with Gasteiger partial charge in [-0.15, -0.1) is 0 Å². The fraction of sp³-hybridized carbons (Fsp3) is 1.00. The fourth-order valence-electron chi connectivity index (χ4n) is 3.06. The van der Waals surface area contributed by atoms with Crippen LogP contribution < -0.4 is 0 Å². The zero-order valence-electron chi connectivity index (χ0n) is 10.7. The molecule has 16 heavy (non-hydrogen) atoms. The summed E-state index contributed by atoms with van der Waals surface area (Å²) in [7, 11) is 0. The minimum Gasteiger partial charge on any atom is -0.393 e. The van der Waals surface area contributed by atoms with E-state index in [1.807, 2.05) is 6.92 Å². The highest BCUT2D eigenvalue weighted by Crippen LogP contribution is 2.37. The molecule has 0 aromatic rings. The molecule has 0 amide bonds. The Bertz CT molecular complexity index is 238. The van der Waals surface area contributed by atoms with Gasteiger partial charge in [0.25, 0.3) is 0 Å². The first kappa shape index (κ1) is 12.3. The lowest BCUT2D eigenvalue weighted by Crippen LogP contribution is -2.52. The standard InChI is InChI=1S/C13H25NO2/c1-9(2)13(3,16)8-14-10-4-5-11(14)7-12(15)6-10/h9-12,15-16H,4-8H2,1-3H3. The molecule has 3 nitrogen and oxygen atoms in total. The average Bonchev–Trinajstić information content (AvgIpc) is 2.43. The summed E-state index contributed by atoms with van der Waals surface area (Å²) in [4.78, 5) is 2.44. The fourth-order valence-corrected chi connectivity index (χ4v) is 3.06. The normalized spacial score (nSPS) is 39.0. The van der Waals surface area contributed by atoms with Gasteiger partial charge >= 0.3 is 0 Å². The second kappa shape index (κ2) is 4.28. The van der Waals surface area contributed by atoms with Crippen molar-refractivity contribution in [1.29, 1.82) is 0 Å². The van der Waals surface area contributed by atoms with E-state index >= 15 is 0 Å². The van der Waals surface area contributed by atoms with Gasteiger partial charge in [-0.3, -0.25) is 4.90 Å². The summed E-state index contributed by atoms with van der Waals surface area (Å²) < 4.78 is 0. The van der Waals surface area contributed by atoms with Crippen molar-refractivity contribution in [2.45, 2.75) is 70.2 Å². The molecular formula is C13H25NO2. The van der Waals surface area contributed by atoms with E-state index < -0.39 is 5.60 Å². The van der Waals surface area contributed by atoms with E-state index in [0.29, 0.717) is 12.1 Å². The Morgan fingerprint density at radius 3 is 2.19 bits per heavy atom. The Balaban J connectivity index is 2.01. The van der Waals surface area contributed by atoms with Crippen molar-refractivity contribution in [1.82, 2.24) is 4.90 Å². The number of hydrogen-bond donors (Lipinski definition) is 2. The predicted molar refractivity (Wildman–Crippen MR) is 64.2 cm³/mol. The molecule has 3 unspecified atom stereocenters. The number of nitrogens with zero attached hydrogens (tertiary/aromatic N) is 1. The first-order valence-electron chi connectivity index (χ1n) is 6.56. The van der Waals surface area contributed by atoms with Crippen LogP contribution in [0.2, 0.25) is 0 Å². The van der Waals surface area contributed by atoms with E-state index in [9.17, 15) is 10.2 Å². The van der Waals surface area contributed by atoms with Crippen molar-refractivity contribution in [2.24, 2.45) is 5.92 Å². The Kier molecular flexibility index (Phi) is 3.30. The molecule has 0 aromatic carbocycles. The van der Waals surface area contributed by atoms with Crippen LogP contribution in [0.15, 0.2) is 0 Å². The molecule has 94 valence electrons. The molecule has 0 saturated carbocycles. The monoisotopic (exact) mass is 227 g/mol. The number of aliphatic hydroxyl groups excluding tert-OH is 1. The maximum Gasteiger partial charge on any atom is 0.0769 e. The van der Waals surface area contributed by atoms with Crippen LogP contribution in [-0.2, 0) is 0 Å². The van der Waals surface area contributed by atoms with Gasteiger partial charge in [-0.2, -0.15) is 0 Å². The van der Waals surface area contributed by atoms with Gasteiger partial charge in [-0.1, -0.05) is 13.8 Å². The summed E-state index contributed by atoms with van der Waals surface area (Å²) in [5.41, 5.74) is -0.608. The zero-order chi connectivity index (χ0) is 11.9. The molecule has 2 aliphatic heterocycles. The van der Waals surface area contributed by atoms with E-state index in [4.69, 9.17) is 0 Å². The molecule has 2 fully saturated rings. The topological polar surface area (TPSA) is 43.7 Å². The van der Waals surface area contributed by atoms with Gasteiger partial charge < -0.3 is 10.2 Å². The molecule has 2 saturated heterocycles. The Hall–Kier alpha value is -0.120. The van der Waals surface area contributed by atoms with E-state index in [-0.39, 0.29) is 12.0 Å². The predicted octanol–water partition coefficient (Wildman–Crippen LogP) is 1.38. The summed E-state index contributed by atoms with van der Waals surface area (Å²) in [5.74, 6) is 0.277. The third kappa shape index (κ3) is 2.27. The van der Waals surface area contributed by atoms with Crippen LogP contribution in [0, 0.1) is 5.92 Å². The summed E-state index contributed by atoms with van der Waals surface area (Å²) in [5, 5.41) is 20.1. The van der Waals surface area contributed by atoms with Crippen LogP contribution >= 0.6 is 0 Å². The molecule has 3 heteroatoms. The molecule has 2 N–H and O–H groups in total. The van der Waals surface area contributed by atoms with Crippen molar-refractivity contribution in [2.75, 3.05) is 6.54 Å². The van der Waals surface area contributed by atoms with Gasteiger partial charge in [0.05, 0.1) is 11.7 Å². The molecule has 2 rings (SSSR count). The zero-order valence-corrected chi connectivity index (χ0v) is 10.7. The van der Waals surface area contributed by atoms with E-state index in [1.54, 1.807) is 0 Å². The van der Waals surface area contributed by atoms with Crippen LogP contribution in [0.4, 0.5) is 0 Å². The highest BCUT2D eigenvalue weighted by Gasteiger charge is 2.43. The summed E-state index contributed by atoms with van der Waals surface area (Å²) in [6.07, 6.45) is 4.05. The van der Waals surface area contributed by atoms with Crippen molar-refractivity contribution < 1.29 is 10.2 Å². The lowest BCUT2D eigenvalue weighted by molar-refractivity contribution is -0.0540. The SMILES string of the molecule is CC(C)C(C)(O)CN1C2CCC1CC(O)C2. The molecule has 3 atom stereocenters.